The van der Waals surface area contributed by atoms with E-state index in [9.17, 15) is 9.59 Å². The van der Waals surface area contributed by atoms with E-state index >= 15 is 0 Å². The van der Waals surface area contributed by atoms with Crippen molar-refractivity contribution in [2.24, 2.45) is 0 Å². The van der Waals surface area contributed by atoms with Crippen LogP contribution in [0.2, 0.25) is 0 Å². The Morgan fingerprint density at radius 3 is 2.36 bits per heavy atom. The van der Waals surface area contributed by atoms with E-state index in [1.165, 1.54) is 0 Å². The van der Waals surface area contributed by atoms with Crippen LogP contribution in [0.3, 0.4) is 0 Å². The first-order valence-corrected chi connectivity index (χ1v) is 7.44. The van der Waals surface area contributed by atoms with E-state index < -0.39 is 0 Å². The van der Waals surface area contributed by atoms with Crippen LogP contribution in [0.25, 0.3) is 6.08 Å². The quantitative estimate of drug-likeness (QED) is 0.649. The molecule has 2 aromatic carbocycles. The zero-order valence-electron chi connectivity index (χ0n) is 11.5. The molecule has 0 aromatic heterocycles. The van der Waals surface area contributed by atoms with Crippen LogP contribution in [0.1, 0.15) is 16.7 Å². The molecule has 3 rings (SSSR count). The number of thioether (sulfide) groups is 1. The minimum Gasteiger partial charge on any atom is -0.282 e. The number of nitrogens with one attached hydrogen (secondary N) is 1. The third-order valence-electron chi connectivity index (χ3n) is 2.95. The molecule has 22 heavy (non-hydrogen) atoms. The lowest BCUT2D eigenvalue weighted by atomic mass is 10.1. The molecule has 2 amide bonds. The van der Waals surface area contributed by atoms with Crippen LogP contribution in [0.5, 0.6) is 0 Å². The maximum absolute atomic E-state index is 11.5. The maximum atomic E-state index is 11.5. The van der Waals surface area contributed by atoms with E-state index in [2.05, 4.69) is 17.2 Å². The zero-order valence-corrected chi connectivity index (χ0v) is 12.3. The second-order valence-electron chi connectivity index (χ2n) is 4.59. The molecule has 1 heterocycles. The highest BCUT2D eigenvalue weighted by Gasteiger charge is 2.24. The van der Waals surface area contributed by atoms with Crippen molar-refractivity contribution in [2.75, 3.05) is 0 Å². The number of benzene rings is 2. The summed E-state index contributed by atoms with van der Waals surface area (Å²) in [5.41, 5.74) is 2.64. The van der Waals surface area contributed by atoms with Crippen LogP contribution in [0.15, 0.2) is 59.5 Å². The number of amides is 2. The molecule has 1 saturated heterocycles. The van der Waals surface area contributed by atoms with Crippen LogP contribution in [-0.2, 0) is 4.79 Å². The average molecular weight is 305 g/mol. The summed E-state index contributed by atoms with van der Waals surface area (Å²) in [5.74, 6) is 5.83. The first kappa shape index (κ1) is 14.2. The molecular formula is C18H11NO2S. The molecule has 4 heteroatoms. The smallest absolute Gasteiger partial charge is 0.282 e. The van der Waals surface area contributed by atoms with E-state index in [1.54, 1.807) is 6.08 Å². The van der Waals surface area contributed by atoms with Crippen LogP contribution < -0.4 is 5.32 Å². The minimum absolute atomic E-state index is 0.337. The summed E-state index contributed by atoms with van der Waals surface area (Å²) < 4.78 is 0. The van der Waals surface area contributed by atoms with Crippen molar-refractivity contribution in [2.45, 2.75) is 0 Å². The molecule has 3 nitrogen and oxygen atoms in total. The van der Waals surface area contributed by atoms with Crippen molar-refractivity contribution >= 4 is 29.0 Å². The normalized spacial score (nSPS) is 15.4. The van der Waals surface area contributed by atoms with Gasteiger partial charge in [-0.05, 0) is 47.7 Å². The van der Waals surface area contributed by atoms with E-state index in [0.717, 1.165) is 28.5 Å². The van der Waals surface area contributed by atoms with Crippen molar-refractivity contribution < 1.29 is 9.59 Å². The molecule has 0 aliphatic carbocycles. The predicted molar refractivity (Wildman–Crippen MR) is 88.0 cm³/mol. The van der Waals surface area contributed by atoms with Crippen molar-refractivity contribution in [3.05, 3.63) is 76.2 Å². The van der Waals surface area contributed by atoms with Gasteiger partial charge in [0.2, 0.25) is 0 Å². The first-order chi connectivity index (χ1) is 10.7. The lowest BCUT2D eigenvalue weighted by molar-refractivity contribution is -0.115. The lowest BCUT2D eigenvalue weighted by Crippen LogP contribution is -2.17. The highest BCUT2D eigenvalue weighted by atomic mass is 32.2. The summed E-state index contributed by atoms with van der Waals surface area (Å²) in [4.78, 5) is 23.1. The second kappa shape index (κ2) is 6.33. The summed E-state index contributed by atoms with van der Waals surface area (Å²) in [7, 11) is 0. The van der Waals surface area contributed by atoms with Gasteiger partial charge in [-0.2, -0.15) is 0 Å². The van der Waals surface area contributed by atoms with Crippen molar-refractivity contribution in [1.82, 2.24) is 5.32 Å². The van der Waals surface area contributed by atoms with Gasteiger partial charge in [-0.15, -0.1) is 0 Å². The monoisotopic (exact) mass is 305 g/mol. The molecule has 0 saturated carbocycles. The van der Waals surface area contributed by atoms with Crippen molar-refractivity contribution in [3.8, 4) is 11.8 Å². The molecule has 1 N–H and O–H groups in total. The lowest BCUT2D eigenvalue weighted by Gasteiger charge is -1.96. The summed E-state index contributed by atoms with van der Waals surface area (Å²) in [6.45, 7) is 0. The van der Waals surface area contributed by atoms with Crippen molar-refractivity contribution in [1.29, 1.82) is 0 Å². The molecule has 2 aromatic rings. The Balaban J connectivity index is 1.85. The largest absolute Gasteiger partial charge is 0.290 e. The Labute approximate surface area is 132 Å². The summed E-state index contributed by atoms with van der Waals surface area (Å²) >= 11 is 0.910. The van der Waals surface area contributed by atoms with Gasteiger partial charge in [-0.3, -0.25) is 14.9 Å². The van der Waals surface area contributed by atoms with Gasteiger partial charge in [0.05, 0.1) is 4.91 Å². The molecule has 106 valence electrons. The predicted octanol–water partition coefficient (Wildman–Crippen LogP) is 3.41. The van der Waals surface area contributed by atoms with Gasteiger partial charge in [0.1, 0.15) is 0 Å². The van der Waals surface area contributed by atoms with E-state index in [-0.39, 0.29) is 11.1 Å². The number of carbonyl (C=O) groups is 2. The Kier molecular flexibility index (Phi) is 4.08. The number of imide groups is 1. The zero-order chi connectivity index (χ0) is 15.4. The molecule has 0 atom stereocenters. The number of hydrogen-bond acceptors (Lipinski definition) is 3. The molecule has 1 aliphatic rings. The number of rotatable bonds is 1. The Hall–Kier alpha value is -2.77. The van der Waals surface area contributed by atoms with Crippen LogP contribution >= 0.6 is 11.8 Å². The fourth-order valence-electron chi connectivity index (χ4n) is 1.94. The van der Waals surface area contributed by atoms with E-state index in [0.29, 0.717) is 4.91 Å². The van der Waals surface area contributed by atoms with Gasteiger partial charge < -0.3 is 0 Å². The molecule has 1 aliphatic heterocycles. The van der Waals surface area contributed by atoms with E-state index in [4.69, 9.17) is 0 Å². The topological polar surface area (TPSA) is 46.2 Å². The summed E-state index contributed by atoms with van der Waals surface area (Å²) in [6.07, 6.45) is 1.69. The molecule has 0 bridgehead atoms. The number of carbonyl (C=O) groups excluding carboxylic acids is 2. The Bertz CT molecular complexity index is 829. The standard InChI is InChI=1S/C18H11NO2S/c20-17-16(22-18(21)19-17)12-15-8-4-7-14(11-15)10-9-13-5-2-1-3-6-13/h1-8,11-12H,(H,19,20,21)/b16-12+. The highest BCUT2D eigenvalue weighted by molar-refractivity contribution is 8.18. The van der Waals surface area contributed by atoms with Gasteiger partial charge in [0, 0.05) is 11.1 Å². The Morgan fingerprint density at radius 1 is 0.909 bits per heavy atom. The van der Waals surface area contributed by atoms with Gasteiger partial charge in [-0.25, -0.2) is 0 Å². The van der Waals surface area contributed by atoms with Crippen molar-refractivity contribution in [3.63, 3.8) is 0 Å². The maximum Gasteiger partial charge on any atom is 0.290 e. The first-order valence-electron chi connectivity index (χ1n) is 6.63. The second-order valence-corrected chi connectivity index (χ2v) is 5.61. The van der Waals surface area contributed by atoms with Crippen LogP contribution in [0, 0.1) is 11.8 Å². The van der Waals surface area contributed by atoms with Crippen LogP contribution in [0.4, 0.5) is 4.79 Å². The minimum atomic E-state index is -0.351. The van der Waals surface area contributed by atoms with Gasteiger partial charge in [-0.1, -0.05) is 42.2 Å². The number of hydrogen-bond donors (Lipinski definition) is 1. The Morgan fingerprint density at radius 2 is 1.64 bits per heavy atom. The van der Waals surface area contributed by atoms with Gasteiger partial charge in [0.15, 0.2) is 0 Å². The van der Waals surface area contributed by atoms with Crippen LogP contribution in [-0.4, -0.2) is 11.1 Å². The van der Waals surface area contributed by atoms with E-state index in [1.807, 2.05) is 54.6 Å². The molecule has 0 unspecified atom stereocenters. The summed E-state index contributed by atoms with van der Waals surface area (Å²) in [5, 5.41) is 1.90. The highest BCUT2D eigenvalue weighted by Crippen LogP contribution is 2.25. The van der Waals surface area contributed by atoms with Gasteiger partial charge in [0.25, 0.3) is 11.1 Å². The molecule has 1 fully saturated rings. The fourth-order valence-corrected chi connectivity index (χ4v) is 2.63. The SMILES string of the molecule is O=C1NC(=O)/C(=C\c2cccc(C#Cc3ccccc3)c2)S1. The molecule has 0 radical (unpaired) electrons. The summed E-state index contributed by atoms with van der Waals surface area (Å²) in [6, 6.07) is 17.3. The third-order valence-corrected chi connectivity index (χ3v) is 3.76. The molecule has 0 spiro atoms. The molecular weight excluding hydrogens is 294 g/mol. The van der Waals surface area contributed by atoms with Gasteiger partial charge >= 0.3 is 0 Å². The fraction of sp³-hybridized carbons (Fsp3) is 0. The average Bonchev–Trinajstić information content (AvgIpc) is 2.84. The third kappa shape index (κ3) is 3.46.